The molecule has 0 saturated heterocycles. The van der Waals surface area contributed by atoms with Crippen molar-refractivity contribution in [3.05, 3.63) is 131 Å². The number of benzene rings is 4. The van der Waals surface area contributed by atoms with Crippen molar-refractivity contribution in [1.29, 1.82) is 0 Å². The highest BCUT2D eigenvalue weighted by atomic mass is 32.2. The Labute approximate surface area is 260 Å². The molecule has 0 spiro atoms. The molecule has 0 aliphatic heterocycles. The average molecular weight is 608 g/mol. The van der Waals surface area contributed by atoms with E-state index in [1.54, 1.807) is 86.7 Å². The summed E-state index contributed by atoms with van der Waals surface area (Å²) in [7, 11) is 0. The van der Waals surface area contributed by atoms with Crippen LogP contribution in [-0.4, -0.2) is 35.5 Å². The van der Waals surface area contributed by atoms with Gasteiger partial charge in [0.2, 0.25) is 5.91 Å². The third-order valence-corrected chi connectivity index (χ3v) is 7.41. The summed E-state index contributed by atoms with van der Waals surface area (Å²) in [6, 6.07) is 29.9. The maximum Gasteiger partial charge on any atom is 0.338 e. The van der Waals surface area contributed by atoms with Gasteiger partial charge < -0.3 is 20.7 Å². The highest BCUT2D eigenvalue weighted by Crippen LogP contribution is 2.27. The Balaban J connectivity index is 1.43. The van der Waals surface area contributed by atoms with Crippen LogP contribution in [0.5, 0.6) is 0 Å². The Morgan fingerprint density at radius 3 is 2.23 bits per heavy atom. The Morgan fingerprint density at radius 1 is 0.795 bits per heavy atom. The smallest absolute Gasteiger partial charge is 0.338 e. The van der Waals surface area contributed by atoms with Gasteiger partial charge >= 0.3 is 5.97 Å². The van der Waals surface area contributed by atoms with E-state index in [2.05, 4.69) is 16.0 Å². The molecule has 0 aliphatic rings. The number of hydrogen-bond acceptors (Lipinski definition) is 6. The van der Waals surface area contributed by atoms with Crippen molar-refractivity contribution in [2.24, 2.45) is 0 Å². The SMILES string of the molecule is CCOC(=O)c1ccc(NC(=O)C(C)Sc2cccc(NC(=O)/C(=C\c3cccc(C)c3)NC(=O)c3ccccc3)c2)cc1. The van der Waals surface area contributed by atoms with Gasteiger partial charge in [-0.3, -0.25) is 14.4 Å². The number of rotatable bonds is 11. The lowest BCUT2D eigenvalue weighted by atomic mass is 10.1. The van der Waals surface area contributed by atoms with E-state index in [1.165, 1.54) is 11.8 Å². The number of anilines is 2. The standard InChI is InChI=1S/C35H33N3O5S/c1-4-43-35(42)27-16-18-28(19-17-27)36-32(39)24(3)44-30-15-9-14-29(22-30)37-34(41)31(21-25-11-8-10-23(2)20-25)38-33(40)26-12-6-5-7-13-26/h5-22,24H,4H2,1-3H3,(H,36,39)(H,37,41)(H,38,40)/b31-21+. The predicted molar refractivity (Wildman–Crippen MR) is 174 cm³/mol. The van der Waals surface area contributed by atoms with Gasteiger partial charge in [0.25, 0.3) is 11.8 Å². The van der Waals surface area contributed by atoms with Crippen LogP contribution in [0.15, 0.2) is 114 Å². The van der Waals surface area contributed by atoms with Gasteiger partial charge in [0, 0.05) is 21.8 Å². The van der Waals surface area contributed by atoms with E-state index in [-0.39, 0.29) is 18.2 Å². The van der Waals surface area contributed by atoms with Crippen LogP contribution in [0.3, 0.4) is 0 Å². The van der Waals surface area contributed by atoms with Gasteiger partial charge in [-0.25, -0.2) is 4.79 Å². The summed E-state index contributed by atoms with van der Waals surface area (Å²) in [5.41, 5.74) is 3.77. The topological polar surface area (TPSA) is 114 Å². The Morgan fingerprint density at radius 2 is 1.52 bits per heavy atom. The molecule has 4 aromatic rings. The van der Waals surface area contributed by atoms with Crippen LogP contribution in [0.4, 0.5) is 11.4 Å². The molecule has 0 radical (unpaired) electrons. The first-order valence-corrected chi connectivity index (χ1v) is 14.9. The number of ether oxygens (including phenoxy) is 1. The van der Waals surface area contributed by atoms with E-state index in [1.807, 2.05) is 43.3 Å². The highest BCUT2D eigenvalue weighted by molar-refractivity contribution is 8.00. The summed E-state index contributed by atoms with van der Waals surface area (Å²) in [6.07, 6.45) is 1.63. The molecule has 0 saturated carbocycles. The molecule has 1 atom stereocenters. The van der Waals surface area contributed by atoms with E-state index in [0.29, 0.717) is 22.5 Å². The lowest BCUT2D eigenvalue weighted by Crippen LogP contribution is -2.30. The summed E-state index contributed by atoms with van der Waals surface area (Å²) < 4.78 is 4.99. The molecule has 1 unspecified atom stereocenters. The molecule has 3 N–H and O–H groups in total. The van der Waals surface area contributed by atoms with Crippen molar-refractivity contribution in [3.8, 4) is 0 Å². The number of esters is 1. The van der Waals surface area contributed by atoms with Crippen LogP contribution < -0.4 is 16.0 Å². The number of hydrogen-bond donors (Lipinski definition) is 3. The second-order valence-electron chi connectivity index (χ2n) is 9.82. The van der Waals surface area contributed by atoms with Crippen molar-refractivity contribution >= 4 is 52.9 Å². The minimum atomic E-state index is -0.491. The van der Waals surface area contributed by atoms with E-state index in [4.69, 9.17) is 4.74 Å². The summed E-state index contributed by atoms with van der Waals surface area (Å²) in [5, 5.41) is 8.00. The molecule has 4 rings (SSSR count). The second kappa shape index (κ2) is 15.4. The molecule has 3 amide bonds. The number of aryl methyl sites for hydroxylation is 1. The van der Waals surface area contributed by atoms with Crippen molar-refractivity contribution in [2.45, 2.75) is 30.9 Å². The maximum absolute atomic E-state index is 13.4. The van der Waals surface area contributed by atoms with Gasteiger partial charge in [-0.15, -0.1) is 11.8 Å². The molecule has 9 heteroatoms. The first kappa shape index (κ1) is 31.8. The zero-order chi connectivity index (χ0) is 31.5. The number of nitrogens with one attached hydrogen (secondary N) is 3. The normalized spacial score (nSPS) is 11.7. The summed E-state index contributed by atoms with van der Waals surface area (Å²) in [5.74, 6) is -1.53. The monoisotopic (exact) mass is 607 g/mol. The molecular weight excluding hydrogens is 574 g/mol. The molecule has 0 heterocycles. The van der Waals surface area contributed by atoms with Crippen molar-refractivity contribution < 1.29 is 23.9 Å². The fourth-order valence-electron chi connectivity index (χ4n) is 4.12. The van der Waals surface area contributed by atoms with Crippen molar-refractivity contribution in [1.82, 2.24) is 5.32 Å². The first-order chi connectivity index (χ1) is 21.2. The molecule has 0 aliphatic carbocycles. The number of carbonyl (C=O) groups is 4. The Hall–Kier alpha value is -5.15. The molecule has 8 nitrogen and oxygen atoms in total. The minimum Gasteiger partial charge on any atom is -0.462 e. The van der Waals surface area contributed by atoms with Gasteiger partial charge in [-0.2, -0.15) is 0 Å². The Kier molecular flexibility index (Phi) is 11.1. The fourth-order valence-corrected chi connectivity index (χ4v) is 5.05. The molecule has 0 aromatic heterocycles. The van der Waals surface area contributed by atoms with E-state index >= 15 is 0 Å². The van der Waals surface area contributed by atoms with Crippen LogP contribution in [0.1, 0.15) is 45.7 Å². The van der Waals surface area contributed by atoms with Crippen molar-refractivity contribution in [3.63, 3.8) is 0 Å². The largest absolute Gasteiger partial charge is 0.462 e. The minimum absolute atomic E-state index is 0.0873. The maximum atomic E-state index is 13.4. The van der Waals surface area contributed by atoms with Crippen LogP contribution in [0, 0.1) is 6.92 Å². The van der Waals surface area contributed by atoms with E-state index < -0.39 is 23.0 Å². The van der Waals surface area contributed by atoms with Crippen LogP contribution in [0.25, 0.3) is 6.08 Å². The predicted octanol–water partition coefficient (Wildman–Crippen LogP) is 6.70. The molecule has 4 aromatic carbocycles. The summed E-state index contributed by atoms with van der Waals surface area (Å²) in [4.78, 5) is 51.8. The van der Waals surface area contributed by atoms with Crippen LogP contribution >= 0.6 is 11.8 Å². The highest BCUT2D eigenvalue weighted by Gasteiger charge is 2.18. The number of thioether (sulfide) groups is 1. The van der Waals surface area contributed by atoms with E-state index in [9.17, 15) is 19.2 Å². The first-order valence-electron chi connectivity index (χ1n) is 14.0. The van der Waals surface area contributed by atoms with Crippen LogP contribution in [0.2, 0.25) is 0 Å². The molecule has 0 bridgehead atoms. The third-order valence-electron chi connectivity index (χ3n) is 6.32. The lowest BCUT2D eigenvalue weighted by Gasteiger charge is -2.14. The second-order valence-corrected chi connectivity index (χ2v) is 11.2. The molecule has 44 heavy (non-hydrogen) atoms. The third kappa shape index (κ3) is 9.17. The Bertz CT molecular complexity index is 1670. The fraction of sp³-hybridized carbons (Fsp3) is 0.143. The van der Waals surface area contributed by atoms with Gasteiger partial charge in [-0.05, 0) is 87.0 Å². The van der Waals surface area contributed by atoms with E-state index in [0.717, 1.165) is 16.0 Å². The van der Waals surface area contributed by atoms with Gasteiger partial charge in [0.05, 0.1) is 17.4 Å². The van der Waals surface area contributed by atoms with Gasteiger partial charge in [0.15, 0.2) is 0 Å². The summed E-state index contributed by atoms with van der Waals surface area (Å²) >= 11 is 1.33. The number of amides is 3. The zero-order valence-electron chi connectivity index (χ0n) is 24.6. The lowest BCUT2D eigenvalue weighted by molar-refractivity contribution is -0.115. The van der Waals surface area contributed by atoms with Crippen LogP contribution in [-0.2, 0) is 14.3 Å². The number of carbonyl (C=O) groups excluding carboxylic acids is 4. The molecular formula is C35H33N3O5S. The average Bonchev–Trinajstić information content (AvgIpc) is 3.01. The molecule has 224 valence electrons. The zero-order valence-corrected chi connectivity index (χ0v) is 25.4. The van der Waals surface area contributed by atoms with Gasteiger partial charge in [0.1, 0.15) is 5.70 Å². The quantitative estimate of drug-likeness (QED) is 0.0994. The van der Waals surface area contributed by atoms with Gasteiger partial charge in [-0.1, -0.05) is 54.1 Å². The summed E-state index contributed by atoms with van der Waals surface area (Å²) in [6.45, 7) is 5.75. The molecule has 0 fully saturated rings. The van der Waals surface area contributed by atoms with Crippen molar-refractivity contribution in [2.75, 3.05) is 17.2 Å².